The molecule has 0 saturated heterocycles. The van der Waals surface area contributed by atoms with Crippen LogP contribution in [0.1, 0.15) is 12.5 Å². The highest BCUT2D eigenvalue weighted by molar-refractivity contribution is 5.83. The van der Waals surface area contributed by atoms with Crippen molar-refractivity contribution in [2.75, 3.05) is 0 Å². The number of benzene rings is 1. The van der Waals surface area contributed by atoms with Crippen LogP contribution < -0.4 is 0 Å². The molecule has 20 heavy (non-hydrogen) atoms. The molecule has 0 saturated carbocycles. The SMILES string of the molecule is CC(=O)Cc1ccc2nc(-c3ccccn3)n(C)c2c1. The Balaban J connectivity index is 2.13. The first kappa shape index (κ1) is 12.5. The van der Waals surface area contributed by atoms with E-state index in [9.17, 15) is 4.79 Å². The van der Waals surface area contributed by atoms with E-state index < -0.39 is 0 Å². The first-order valence-electron chi connectivity index (χ1n) is 6.51. The van der Waals surface area contributed by atoms with Gasteiger partial charge in [0.15, 0.2) is 5.82 Å². The molecule has 0 N–H and O–H groups in total. The number of hydrogen-bond acceptors (Lipinski definition) is 3. The third-order valence-electron chi connectivity index (χ3n) is 3.29. The van der Waals surface area contributed by atoms with Crippen LogP contribution in [0.2, 0.25) is 0 Å². The summed E-state index contributed by atoms with van der Waals surface area (Å²) in [5, 5.41) is 0. The summed E-state index contributed by atoms with van der Waals surface area (Å²) in [5.41, 5.74) is 3.80. The predicted molar refractivity (Wildman–Crippen MR) is 78.3 cm³/mol. The highest BCUT2D eigenvalue weighted by atomic mass is 16.1. The molecule has 0 aliphatic carbocycles. The monoisotopic (exact) mass is 265 g/mol. The zero-order valence-corrected chi connectivity index (χ0v) is 11.5. The van der Waals surface area contributed by atoms with Crippen LogP contribution in [-0.2, 0) is 18.3 Å². The number of carbonyl (C=O) groups excluding carboxylic acids is 1. The summed E-state index contributed by atoms with van der Waals surface area (Å²) in [7, 11) is 1.97. The molecule has 100 valence electrons. The van der Waals surface area contributed by atoms with Crippen molar-refractivity contribution in [3.8, 4) is 11.5 Å². The number of carbonyl (C=O) groups is 1. The summed E-state index contributed by atoms with van der Waals surface area (Å²) in [4.78, 5) is 20.2. The molecule has 4 heteroatoms. The molecule has 0 amide bonds. The summed E-state index contributed by atoms with van der Waals surface area (Å²) >= 11 is 0. The van der Waals surface area contributed by atoms with Crippen molar-refractivity contribution in [2.45, 2.75) is 13.3 Å². The van der Waals surface area contributed by atoms with Crippen molar-refractivity contribution in [3.63, 3.8) is 0 Å². The van der Waals surface area contributed by atoms with E-state index in [4.69, 9.17) is 0 Å². The van der Waals surface area contributed by atoms with Crippen LogP contribution in [0.5, 0.6) is 0 Å². The molecule has 0 spiro atoms. The van der Waals surface area contributed by atoms with E-state index in [1.165, 1.54) is 0 Å². The zero-order valence-electron chi connectivity index (χ0n) is 11.5. The minimum Gasteiger partial charge on any atom is -0.326 e. The molecule has 3 aromatic rings. The lowest BCUT2D eigenvalue weighted by Gasteiger charge is -2.02. The number of Topliss-reactive ketones (excluding diaryl/α,β-unsaturated/α-hetero) is 1. The number of ketones is 1. The van der Waals surface area contributed by atoms with Crippen LogP contribution in [0, 0.1) is 0 Å². The average Bonchev–Trinajstić information content (AvgIpc) is 2.76. The van der Waals surface area contributed by atoms with Crippen molar-refractivity contribution >= 4 is 16.8 Å². The van der Waals surface area contributed by atoms with Gasteiger partial charge in [0.05, 0.1) is 11.0 Å². The number of nitrogens with zero attached hydrogens (tertiary/aromatic N) is 3. The second-order valence-corrected chi connectivity index (χ2v) is 4.91. The average molecular weight is 265 g/mol. The van der Waals surface area contributed by atoms with Gasteiger partial charge in [0, 0.05) is 19.7 Å². The van der Waals surface area contributed by atoms with Gasteiger partial charge in [0.25, 0.3) is 0 Å². The fourth-order valence-corrected chi connectivity index (χ4v) is 2.36. The second-order valence-electron chi connectivity index (χ2n) is 4.91. The molecule has 0 aliphatic rings. The Hall–Kier alpha value is -2.49. The molecule has 0 bridgehead atoms. The molecule has 0 radical (unpaired) electrons. The predicted octanol–water partition coefficient (Wildman–Crippen LogP) is 2.77. The first-order chi connectivity index (χ1) is 9.65. The van der Waals surface area contributed by atoms with Crippen molar-refractivity contribution in [1.29, 1.82) is 0 Å². The molecular weight excluding hydrogens is 250 g/mol. The molecular formula is C16H15N3O. The standard InChI is InChI=1S/C16H15N3O/c1-11(20)9-12-6-7-13-15(10-12)19(2)16(18-13)14-5-3-4-8-17-14/h3-8,10H,9H2,1-2H3. The van der Waals surface area contributed by atoms with Gasteiger partial charge in [-0.2, -0.15) is 0 Å². The number of pyridine rings is 1. The number of rotatable bonds is 3. The summed E-state index contributed by atoms with van der Waals surface area (Å²) < 4.78 is 2.02. The number of fused-ring (bicyclic) bond motifs is 1. The molecule has 0 unspecified atom stereocenters. The Kier molecular flexibility index (Phi) is 3.06. The number of imidazole rings is 1. The second kappa shape index (κ2) is 4.89. The minimum absolute atomic E-state index is 0.163. The Morgan fingerprint density at radius 3 is 2.80 bits per heavy atom. The van der Waals surface area contributed by atoms with Gasteiger partial charge in [-0.05, 0) is 36.8 Å². The Morgan fingerprint density at radius 2 is 2.10 bits per heavy atom. The molecule has 0 fully saturated rings. The molecule has 1 aromatic carbocycles. The molecule has 0 aliphatic heterocycles. The maximum atomic E-state index is 11.2. The van der Waals surface area contributed by atoms with Gasteiger partial charge in [0.1, 0.15) is 11.5 Å². The molecule has 2 heterocycles. The molecule has 0 atom stereocenters. The lowest BCUT2D eigenvalue weighted by atomic mass is 10.1. The van der Waals surface area contributed by atoms with Crippen LogP contribution in [0.25, 0.3) is 22.6 Å². The Morgan fingerprint density at radius 1 is 1.25 bits per heavy atom. The summed E-state index contributed by atoms with van der Waals surface area (Å²) in [6.45, 7) is 1.60. The van der Waals surface area contributed by atoms with Crippen LogP contribution in [0.3, 0.4) is 0 Å². The number of hydrogen-bond donors (Lipinski definition) is 0. The van der Waals surface area contributed by atoms with Crippen molar-refractivity contribution in [2.24, 2.45) is 7.05 Å². The topological polar surface area (TPSA) is 47.8 Å². The Bertz CT molecular complexity index is 775. The van der Waals surface area contributed by atoms with E-state index in [2.05, 4.69) is 9.97 Å². The van der Waals surface area contributed by atoms with E-state index in [0.717, 1.165) is 28.1 Å². The van der Waals surface area contributed by atoms with E-state index in [1.54, 1.807) is 13.1 Å². The zero-order chi connectivity index (χ0) is 14.1. The quantitative estimate of drug-likeness (QED) is 0.731. The van der Waals surface area contributed by atoms with Crippen LogP contribution in [0.4, 0.5) is 0 Å². The Labute approximate surface area is 117 Å². The molecule has 3 rings (SSSR count). The lowest BCUT2D eigenvalue weighted by Crippen LogP contribution is -1.97. The number of aromatic nitrogens is 3. The van der Waals surface area contributed by atoms with E-state index >= 15 is 0 Å². The van der Waals surface area contributed by atoms with E-state index in [1.807, 2.05) is 48.0 Å². The van der Waals surface area contributed by atoms with Gasteiger partial charge in [-0.15, -0.1) is 0 Å². The van der Waals surface area contributed by atoms with Crippen molar-refractivity contribution in [1.82, 2.24) is 14.5 Å². The number of aryl methyl sites for hydroxylation is 1. The minimum atomic E-state index is 0.163. The van der Waals surface area contributed by atoms with Gasteiger partial charge >= 0.3 is 0 Å². The van der Waals surface area contributed by atoms with Crippen molar-refractivity contribution in [3.05, 3.63) is 48.2 Å². The molecule has 4 nitrogen and oxygen atoms in total. The summed E-state index contributed by atoms with van der Waals surface area (Å²) in [6.07, 6.45) is 2.22. The maximum Gasteiger partial charge on any atom is 0.159 e. The summed E-state index contributed by atoms with van der Waals surface area (Å²) in [6, 6.07) is 11.7. The van der Waals surface area contributed by atoms with Gasteiger partial charge in [-0.25, -0.2) is 4.98 Å². The van der Waals surface area contributed by atoms with Crippen LogP contribution in [0.15, 0.2) is 42.6 Å². The van der Waals surface area contributed by atoms with Gasteiger partial charge < -0.3 is 4.57 Å². The van der Waals surface area contributed by atoms with Crippen LogP contribution >= 0.6 is 0 Å². The van der Waals surface area contributed by atoms with Gasteiger partial charge in [0.2, 0.25) is 0 Å². The van der Waals surface area contributed by atoms with Gasteiger partial charge in [-0.1, -0.05) is 12.1 Å². The first-order valence-corrected chi connectivity index (χ1v) is 6.51. The van der Waals surface area contributed by atoms with Crippen LogP contribution in [-0.4, -0.2) is 20.3 Å². The van der Waals surface area contributed by atoms with Gasteiger partial charge in [-0.3, -0.25) is 9.78 Å². The third-order valence-corrected chi connectivity index (χ3v) is 3.29. The lowest BCUT2D eigenvalue weighted by molar-refractivity contribution is -0.116. The smallest absolute Gasteiger partial charge is 0.159 e. The third kappa shape index (κ3) is 2.20. The van der Waals surface area contributed by atoms with E-state index in [-0.39, 0.29) is 5.78 Å². The highest BCUT2D eigenvalue weighted by Gasteiger charge is 2.11. The molecule has 2 aromatic heterocycles. The highest BCUT2D eigenvalue weighted by Crippen LogP contribution is 2.23. The summed E-state index contributed by atoms with van der Waals surface area (Å²) in [5.74, 6) is 0.997. The maximum absolute atomic E-state index is 11.2. The fourth-order valence-electron chi connectivity index (χ4n) is 2.36. The van der Waals surface area contributed by atoms with E-state index in [0.29, 0.717) is 6.42 Å². The normalized spacial score (nSPS) is 10.9. The largest absolute Gasteiger partial charge is 0.326 e. The van der Waals surface area contributed by atoms with Crippen molar-refractivity contribution < 1.29 is 4.79 Å². The fraction of sp³-hybridized carbons (Fsp3) is 0.188.